The number of halogens is 1. The van der Waals surface area contributed by atoms with E-state index < -0.39 is 0 Å². The van der Waals surface area contributed by atoms with Crippen LogP contribution >= 0.6 is 15.9 Å². The molecule has 1 aromatic carbocycles. The molecule has 0 spiro atoms. The smallest absolute Gasteiger partial charge is 0.251 e. The summed E-state index contributed by atoms with van der Waals surface area (Å²) in [5, 5.41) is 2.99. The average Bonchev–Trinajstić information content (AvgIpc) is 2.32. The first-order valence-corrected chi connectivity index (χ1v) is 7.91. The van der Waals surface area contributed by atoms with E-state index in [1.807, 2.05) is 25.1 Å². The number of aryl methyl sites for hydroxylation is 1. The maximum Gasteiger partial charge on any atom is 0.251 e. The lowest BCUT2D eigenvalue weighted by atomic mass is 10.1. The fraction of sp³-hybridized carbons (Fsp3) is 0.562. The van der Waals surface area contributed by atoms with Crippen LogP contribution in [0.3, 0.4) is 0 Å². The molecule has 3 nitrogen and oxygen atoms in total. The van der Waals surface area contributed by atoms with Gasteiger partial charge < -0.3 is 5.32 Å². The Balaban J connectivity index is 2.55. The maximum atomic E-state index is 12.1. The van der Waals surface area contributed by atoms with Crippen LogP contribution in [0.15, 0.2) is 22.7 Å². The van der Waals surface area contributed by atoms with E-state index in [-0.39, 0.29) is 5.91 Å². The highest BCUT2D eigenvalue weighted by Crippen LogP contribution is 2.15. The average molecular weight is 341 g/mol. The Kier molecular flexibility index (Phi) is 6.69. The van der Waals surface area contributed by atoms with Crippen LogP contribution in [0.2, 0.25) is 0 Å². The van der Waals surface area contributed by atoms with Gasteiger partial charge in [0.1, 0.15) is 0 Å². The van der Waals surface area contributed by atoms with Gasteiger partial charge in [-0.25, -0.2) is 0 Å². The predicted molar refractivity (Wildman–Crippen MR) is 88.2 cm³/mol. The van der Waals surface area contributed by atoms with Crippen molar-refractivity contribution in [3.8, 4) is 0 Å². The normalized spacial score (nSPS) is 11.4. The van der Waals surface area contributed by atoms with Gasteiger partial charge in [0, 0.05) is 35.2 Å². The zero-order chi connectivity index (χ0) is 15.3. The van der Waals surface area contributed by atoms with Crippen molar-refractivity contribution in [2.24, 2.45) is 0 Å². The SMILES string of the molecule is Cc1cc(Br)cc(C(=O)NCCN(C(C)C)C(C)C)c1. The molecule has 1 N–H and O–H groups in total. The zero-order valence-corrected chi connectivity index (χ0v) is 14.6. The first-order chi connectivity index (χ1) is 9.31. The maximum absolute atomic E-state index is 12.1. The number of benzene rings is 1. The second-order valence-electron chi connectivity index (χ2n) is 5.70. The van der Waals surface area contributed by atoms with Crippen molar-refractivity contribution in [2.45, 2.75) is 46.7 Å². The number of hydrogen-bond donors (Lipinski definition) is 1. The Hall–Kier alpha value is -0.870. The summed E-state index contributed by atoms with van der Waals surface area (Å²) in [4.78, 5) is 14.5. The third kappa shape index (κ3) is 5.25. The van der Waals surface area contributed by atoms with Gasteiger partial charge in [-0.3, -0.25) is 9.69 Å². The first-order valence-electron chi connectivity index (χ1n) is 7.12. The van der Waals surface area contributed by atoms with E-state index in [0.29, 0.717) is 24.2 Å². The summed E-state index contributed by atoms with van der Waals surface area (Å²) in [7, 11) is 0. The van der Waals surface area contributed by atoms with Gasteiger partial charge in [0.15, 0.2) is 0 Å². The molecule has 0 bridgehead atoms. The summed E-state index contributed by atoms with van der Waals surface area (Å²) >= 11 is 3.42. The molecule has 0 fully saturated rings. The molecule has 0 saturated carbocycles. The van der Waals surface area contributed by atoms with Crippen molar-refractivity contribution < 1.29 is 4.79 Å². The third-order valence-electron chi connectivity index (χ3n) is 3.29. The highest BCUT2D eigenvalue weighted by Gasteiger charge is 2.13. The fourth-order valence-corrected chi connectivity index (χ4v) is 2.99. The Labute approximate surface area is 130 Å². The lowest BCUT2D eigenvalue weighted by molar-refractivity contribution is 0.0939. The van der Waals surface area contributed by atoms with Crippen LogP contribution in [0.5, 0.6) is 0 Å². The first kappa shape index (κ1) is 17.2. The van der Waals surface area contributed by atoms with Crippen molar-refractivity contribution in [1.82, 2.24) is 10.2 Å². The predicted octanol–water partition coefficient (Wildman–Crippen LogP) is 3.61. The molecule has 112 valence electrons. The number of carbonyl (C=O) groups excluding carboxylic acids is 1. The van der Waals surface area contributed by atoms with E-state index in [1.54, 1.807) is 0 Å². The number of hydrogen-bond acceptors (Lipinski definition) is 2. The van der Waals surface area contributed by atoms with Crippen LogP contribution in [-0.2, 0) is 0 Å². The van der Waals surface area contributed by atoms with Crippen molar-refractivity contribution in [3.63, 3.8) is 0 Å². The van der Waals surface area contributed by atoms with E-state index in [9.17, 15) is 4.79 Å². The number of nitrogens with zero attached hydrogens (tertiary/aromatic N) is 1. The lowest BCUT2D eigenvalue weighted by Crippen LogP contribution is -2.42. The van der Waals surface area contributed by atoms with Gasteiger partial charge in [-0.15, -0.1) is 0 Å². The molecule has 20 heavy (non-hydrogen) atoms. The van der Waals surface area contributed by atoms with Crippen LogP contribution in [0.1, 0.15) is 43.6 Å². The van der Waals surface area contributed by atoms with Crippen molar-refractivity contribution in [2.75, 3.05) is 13.1 Å². The van der Waals surface area contributed by atoms with Crippen molar-refractivity contribution in [1.29, 1.82) is 0 Å². The molecule has 1 amide bonds. The zero-order valence-electron chi connectivity index (χ0n) is 13.0. The molecule has 0 aliphatic heterocycles. The quantitative estimate of drug-likeness (QED) is 0.857. The largest absolute Gasteiger partial charge is 0.351 e. The summed E-state index contributed by atoms with van der Waals surface area (Å²) < 4.78 is 0.939. The summed E-state index contributed by atoms with van der Waals surface area (Å²) in [6, 6.07) is 6.73. The molecular weight excluding hydrogens is 316 g/mol. The van der Waals surface area contributed by atoms with Crippen LogP contribution in [-0.4, -0.2) is 36.0 Å². The number of amides is 1. The van der Waals surface area contributed by atoms with Gasteiger partial charge in [0.2, 0.25) is 0 Å². The molecule has 0 radical (unpaired) electrons. The molecule has 0 aliphatic carbocycles. The topological polar surface area (TPSA) is 32.3 Å². The van der Waals surface area contributed by atoms with Gasteiger partial charge in [0.05, 0.1) is 0 Å². The Morgan fingerprint density at radius 3 is 2.30 bits per heavy atom. The van der Waals surface area contributed by atoms with E-state index in [1.165, 1.54) is 0 Å². The van der Waals surface area contributed by atoms with Crippen molar-refractivity contribution >= 4 is 21.8 Å². The Morgan fingerprint density at radius 2 is 1.80 bits per heavy atom. The summed E-state index contributed by atoms with van der Waals surface area (Å²) in [5.41, 5.74) is 1.79. The molecule has 0 aromatic heterocycles. The van der Waals surface area contributed by atoms with Gasteiger partial charge in [-0.1, -0.05) is 15.9 Å². The van der Waals surface area contributed by atoms with Crippen LogP contribution in [0.4, 0.5) is 0 Å². The van der Waals surface area contributed by atoms with E-state index in [2.05, 4.69) is 53.8 Å². The van der Waals surface area contributed by atoms with E-state index in [4.69, 9.17) is 0 Å². The highest BCUT2D eigenvalue weighted by atomic mass is 79.9. The Bertz CT molecular complexity index is 430. The second-order valence-corrected chi connectivity index (χ2v) is 6.61. The number of carbonyl (C=O) groups is 1. The molecule has 4 heteroatoms. The molecule has 1 aromatic rings. The minimum Gasteiger partial charge on any atom is -0.351 e. The molecule has 0 heterocycles. The number of nitrogens with one attached hydrogen (secondary N) is 1. The highest BCUT2D eigenvalue weighted by molar-refractivity contribution is 9.10. The van der Waals surface area contributed by atoms with Gasteiger partial charge in [-0.2, -0.15) is 0 Å². The van der Waals surface area contributed by atoms with E-state index in [0.717, 1.165) is 16.6 Å². The molecule has 0 unspecified atom stereocenters. The fourth-order valence-electron chi connectivity index (χ4n) is 2.38. The Morgan fingerprint density at radius 1 is 1.20 bits per heavy atom. The summed E-state index contributed by atoms with van der Waals surface area (Å²) in [6.07, 6.45) is 0. The van der Waals surface area contributed by atoms with Crippen LogP contribution in [0, 0.1) is 6.92 Å². The minimum atomic E-state index is -0.0122. The van der Waals surface area contributed by atoms with Gasteiger partial charge in [0.25, 0.3) is 5.91 Å². The minimum absolute atomic E-state index is 0.0122. The summed E-state index contributed by atoms with van der Waals surface area (Å²) in [6.45, 7) is 12.2. The van der Waals surface area contributed by atoms with Crippen LogP contribution in [0.25, 0.3) is 0 Å². The molecular formula is C16H25BrN2O. The lowest BCUT2D eigenvalue weighted by Gasteiger charge is -2.30. The number of rotatable bonds is 6. The second kappa shape index (κ2) is 7.79. The molecule has 0 saturated heterocycles. The standard InChI is InChI=1S/C16H25BrN2O/c1-11(2)19(12(3)4)7-6-18-16(20)14-8-13(5)9-15(17)10-14/h8-12H,6-7H2,1-5H3,(H,18,20). The monoisotopic (exact) mass is 340 g/mol. The molecule has 0 atom stereocenters. The van der Waals surface area contributed by atoms with Crippen molar-refractivity contribution in [3.05, 3.63) is 33.8 Å². The van der Waals surface area contributed by atoms with Gasteiger partial charge in [-0.05, 0) is 58.4 Å². The van der Waals surface area contributed by atoms with Gasteiger partial charge >= 0.3 is 0 Å². The van der Waals surface area contributed by atoms with E-state index >= 15 is 0 Å². The molecule has 0 aliphatic rings. The summed E-state index contributed by atoms with van der Waals surface area (Å²) in [5.74, 6) is -0.0122. The van der Waals surface area contributed by atoms with Crippen LogP contribution < -0.4 is 5.32 Å². The molecule has 1 rings (SSSR count). The third-order valence-corrected chi connectivity index (χ3v) is 3.74.